The quantitative estimate of drug-likeness (QED) is 0.680. The monoisotopic (exact) mass is 420 g/mol. The number of carbonyl (C=O) groups is 1. The van der Waals surface area contributed by atoms with Gasteiger partial charge in [0.2, 0.25) is 5.91 Å². The molecule has 1 aliphatic rings. The highest BCUT2D eigenvalue weighted by atomic mass is 19.4. The van der Waals surface area contributed by atoms with E-state index in [1.165, 1.54) is 13.2 Å². The third kappa shape index (κ3) is 4.64. The summed E-state index contributed by atoms with van der Waals surface area (Å²) in [5, 5.41) is 14.4. The molecule has 30 heavy (non-hydrogen) atoms. The van der Waals surface area contributed by atoms with Crippen molar-refractivity contribution in [1.29, 1.82) is 0 Å². The molecule has 1 atom stereocenters. The van der Waals surface area contributed by atoms with Crippen LogP contribution in [0.15, 0.2) is 59.7 Å². The van der Waals surface area contributed by atoms with Crippen LogP contribution in [0.3, 0.4) is 0 Å². The summed E-state index contributed by atoms with van der Waals surface area (Å²) in [7, 11) is 1.44. The first-order valence-electron chi connectivity index (χ1n) is 9.62. The van der Waals surface area contributed by atoms with Crippen LogP contribution in [-0.4, -0.2) is 40.7 Å². The predicted molar refractivity (Wildman–Crippen MR) is 106 cm³/mol. The Bertz CT molecular complexity index is 915. The van der Waals surface area contributed by atoms with Gasteiger partial charge in [0.15, 0.2) is 0 Å². The average molecular weight is 420 g/mol. The first-order chi connectivity index (χ1) is 14.2. The van der Waals surface area contributed by atoms with E-state index in [1.54, 1.807) is 18.2 Å². The third-order valence-corrected chi connectivity index (χ3v) is 5.03. The second-order valence-corrected chi connectivity index (χ2v) is 7.17. The Morgan fingerprint density at radius 2 is 1.90 bits per heavy atom. The molecule has 1 aliphatic heterocycles. The largest absolute Gasteiger partial charge is 0.497 e. The second kappa shape index (κ2) is 8.87. The fraction of sp³-hybridized carbons (Fsp3) is 0.364. The number of nitrogens with zero attached hydrogens (tertiary/aromatic N) is 2. The summed E-state index contributed by atoms with van der Waals surface area (Å²) < 4.78 is 46.1. The molecule has 1 N–H and O–H groups in total. The van der Waals surface area contributed by atoms with E-state index in [4.69, 9.17) is 4.74 Å². The fourth-order valence-electron chi connectivity index (χ4n) is 3.35. The number of hydrogen-bond acceptors (Lipinski definition) is 4. The number of benzene rings is 2. The van der Waals surface area contributed by atoms with Gasteiger partial charge in [0.25, 0.3) is 5.72 Å². The molecule has 0 bridgehead atoms. The van der Waals surface area contributed by atoms with Crippen molar-refractivity contribution in [3.63, 3.8) is 0 Å². The van der Waals surface area contributed by atoms with Gasteiger partial charge in [0.05, 0.1) is 19.2 Å². The smallest absolute Gasteiger partial charge is 0.438 e. The molecule has 8 heteroatoms. The lowest BCUT2D eigenvalue weighted by atomic mass is 10.0. The molecular formula is C22H23F3N2O3. The Morgan fingerprint density at radius 3 is 2.57 bits per heavy atom. The number of unbranched alkanes of at least 4 members (excludes halogenated alkanes) is 1. The van der Waals surface area contributed by atoms with Gasteiger partial charge >= 0.3 is 6.18 Å². The normalized spacial score (nSPS) is 19.0. The number of amides is 1. The van der Waals surface area contributed by atoms with Gasteiger partial charge in [0.1, 0.15) is 5.75 Å². The molecule has 0 saturated carbocycles. The van der Waals surface area contributed by atoms with Crippen LogP contribution < -0.4 is 4.74 Å². The highest BCUT2D eigenvalue weighted by Gasteiger charge is 2.63. The number of aryl methyl sites for hydroxylation is 1. The molecule has 160 valence electrons. The highest BCUT2D eigenvalue weighted by Crippen LogP contribution is 2.41. The van der Waals surface area contributed by atoms with Gasteiger partial charge in [-0.25, -0.2) is 0 Å². The lowest BCUT2D eigenvalue weighted by molar-refractivity contribution is -0.302. The molecule has 0 saturated heterocycles. The van der Waals surface area contributed by atoms with Crippen molar-refractivity contribution in [2.45, 2.75) is 44.0 Å². The minimum Gasteiger partial charge on any atom is -0.497 e. The maximum Gasteiger partial charge on any atom is 0.438 e. The van der Waals surface area contributed by atoms with E-state index in [9.17, 15) is 23.1 Å². The van der Waals surface area contributed by atoms with Crippen LogP contribution in [0.4, 0.5) is 13.2 Å². The minimum atomic E-state index is -5.04. The molecule has 2 aromatic rings. The number of aliphatic hydroxyl groups is 1. The molecular weight excluding hydrogens is 397 g/mol. The Kier molecular flexibility index (Phi) is 6.45. The lowest BCUT2D eigenvalue weighted by Gasteiger charge is -2.32. The highest BCUT2D eigenvalue weighted by molar-refractivity contribution is 6.03. The Labute approximate surface area is 172 Å². The van der Waals surface area contributed by atoms with Crippen LogP contribution in [0.5, 0.6) is 5.75 Å². The molecule has 1 heterocycles. The molecule has 3 rings (SSSR count). The summed E-state index contributed by atoms with van der Waals surface area (Å²) in [6.45, 7) is 0. The summed E-state index contributed by atoms with van der Waals surface area (Å²) in [6.07, 6.45) is -4.27. The molecule has 2 aromatic carbocycles. The van der Waals surface area contributed by atoms with E-state index < -0.39 is 24.2 Å². The summed E-state index contributed by atoms with van der Waals surface area (Å²) in [5.74, 6) is -0.419. The number of hydrazone groups is 1. The number of alkyl halides is 3. The van der Waals surface area contributed by atoms with E-state index >= 15 is 0 Å². The Balaban J connectivity index is 1.72. The lowest BCUT2D eigenvalue weighted by Crippen LogP contribution is -2.56. The number of rotatable bonds is 7. The SMILES string of the molecule is COc1cccc(C2=NN(C(=O)CCCCc3ccccc3)C(O)(C(F)(F)F)C2)c1. The summed E-state index contributed by atoms with van der Waals surface area (Å²) in [6, 6.07) is 15.9. The first-order valence-corrected chi connectivity index (χ1v) is 9.62. The van der Waals surface area contributed by atoms with Crippen LogP contribution in [-0.2, 0) is 11.2 Å². The average Bonchev–Trinajstić information content (AvgIpc) is 3.11. The molecule has 0 aliphatic carbocycles. The third-order valence-electron chi connectivity index (χ3n) is 5.03. The number of ether oxygens (including phenoxy) is 1. The maximum absolute atomic E-state index is 13.7. The van der Waals surface area contributed by atoms with Crippen molar-refractivity contribution in [2.24, 2.45) is 5.10 Å². The van der Waals surface area contributed by atoms with Crippen molar-refractivity contribution < 1.29 is 27.8 Å². The Morgan fingerprint density at radius 1 is 1.17 bits per heavy atom. The number of halogens is 3. The molecule has 0 aromatic heterocycles. The van der Waals surface area contributed by atoms with E-state index in [-0.39, 0.29) is 17.1 Å². The zero-order chi connectivity index (χ0) is 21.8. The van der Waals surface area contributed by atoms with Crippen LogP contribution in [0.2, 0.25) is 0 Å². The van der Waals surface area contributed by atoms with Crippen LogP contribution in [0.1, 0.15) is 36.8 Å². The molecule has 1 amide bonds. The summed E-state index contributed by atoms with van der Waals surface area (Å²) in [4.78, 5) is 12.6. The molecule has 0 radical (unpaired) electrons. The topological polar surface area (TPSA) is 62.1 Å². The summed E-state index contributed by atoms with van der Waals surface area (Å²) in [5.41, 5.74) is -1.93. The van der Waals surface area contributed by atoms with Crippen molar-refractivity contribution >= 4 is 11.6 Å². The fourth-order valence-corrected chi connectivity index (χ4v) is 3.35. The van der Waals surface area contributed by atoms with Gasteiger partial charge in [-0.1, -0.05) is 42.5 Å². The van der Waals surface area contributed by atoms with Gasteiger partial charge in [-0.2, -0.15) is 23.3 Å². The van der Waals surface area contributed by atoms with Crippen molar-refractivity contribution in [2.75, 3.05) is 7.11 Å². The number of hydrogen-bond donors (Lipinski definition) is 1. The van der Waals surface area contributed by atoms with Crippen LogP contribution in [0, 0.1) is 0 Å². The van der Waals surface area contributed by atoms with Gasteiger partial charge in [-0.05, 0) is 37.0 Å². The minimum absolute atomic E-state index is 0.0219. The van der Waals surface area contributed by atoms with Gasteiger partial charge < -0.3 is 9.84 Å². The Hall–Kier alpha value is -2.87. The predicted octanol–water partition coefficient (Wildman–Crippen LogP) is 4.30. The number of methoxy groups -OCH3 is 1. The van der Waals surface area contributed by atoms with E-state index in [1.807, 2.05) is 30.3 Å². The zero-order valence-corrected chi connectivity index (χ0v) is 16.5. The maximum atomic E-state index is 13.7. The second-order valence-electron chi connectivity index (χ2n) is 7.17. The molecule has 0 spiro atoms. The molecule has 0 fully saturated rings. The van der Waals surface area contributed by atoms with Gasteiger partial charge in [-0.3, -0.25) is 4.79 Å². The van der Waals surface area contributed by atoms with E-state index in [2.05, 4.69) is 5.10 Å². The van der Waals surface area contributed by atoms with Crippen molar-refractivity contribution in [3.8, 4) is 5.75 Å². The van der Waals surface area contributed by atoms with Crippen LogP contribution in [0.25, 0.3) is 0 Å². The molecule has 5 nitrogen and oxygen atoms in total. The standard InChI is InChI=1S/C22H23F3N2O3/c1-30-18-12-7-11-17(14-18)19-15-21(29,22(23,24)25)27(26-19)20(28)13-6-5-10-16-8-3-2-4-9-16/h2-4,7-9,11-12,14,29H,5-6,10,13,15H2,1H3. The van der Waals surface area contributed by atoms with Gasteiger partial charge in [-0.15, -0.1) is 0 Å². The molecule has 1 unspecified atom stereocenters. The van der Waals surface area contributed by atoms with E-state index in [0.29, 0.717) is 24.2 Å². The van der Waals surface area contributed by atoms with Gasteiger partial charge in [0, 0.05) is 12.0 Å². The number of carbonyl (C=O) groups excluding carboxylic acids is 1. The van der Waals surface area contributed by atoms with E-state index in [0.717, 1.165) is 12.0 Å². The van der Waals surface area contributed by atoms with Crippen molar-refractivity contribution in [3.05, 3.63) is 65.7 Å². The zero-order valence-electron chi connectivity index (χ0n) is 16.5. The van der Waals surface area contributed by atoms with Crippen molar-refractivity contribution in [1.82, 2.24) is 5.01 Å². The first kappa shape index (κ1) is 21.8. The summed E-state index contributed by atoms with van der Waals surface area (Å²) >= 11 is 0. The van der Waals surface area contributed by atoms with Crippen LogP contribution >= 0.6 is 0 Å².